The summed E-state index contributed by atoms with van der Waals surface area (Å²) >= 11 is 0. The van der Waals surface area contributed by atoms with E-state index >= 15 is 0 Å². The van der Waals surface area contributed by atoms with Crippen molar-refractivity contribution in [2.24, 2.45) is 11.1 Å². The summed E-state index contributed by atoms with van der Waals surface area (Å²) in [6.07, 6.45) is 8.37. The number of aliphatic hydroxyl groups excluding tert-OH is 1. The molecular formula is C13H26N2O2. The van der Waals surface area contributed by atoms with Crippen molar-refractivity contribution in [2.45, 2.75) is 51.4 Å². The molecule has 4 heteroatoms. The smallest absolute Gasteiger partial charge is 0.217 e. The van der Waals surface area contributed by atoms with Gasteiger partial charge in [-0.3, -0.25) is 4.79 Å². The molecule has 0 unspecified atom stereocenters. The lowest BCUT2D eigenvalue weighted by atomic mass is 9.74. The number of primary amides is 1. The number of nitrogens with two attached hydrogens (primary N) is 1. The van der Waals surface area contributed by atoms with Crippen molar-refractivity contribution in [1.82, 2.24) is 5.32 Å². The molecule has 100 valence electrons. The first kappa shape index (κ1) is 14.5. The Morgan fingerprint density at radius 1 is 1.24 bits per heavy atom. The molecule has 1 aliphatic rings. The number of amides is 1. The van der Waals surface area contributed by atoms with Crippen LogP contribution in [0.5, 0.6) is 0 Å². The molecule has 0 aromatic rings. The van der Waals surface area contributed by atoms with Crippen LogP contribution in [0.25, 0.3) is 0 Å². The highest BCUT2D eigenvalue weighted by atomic mass is 16.3. The van der Waals surface area contributed by atoms with E-state index in [9.17, 15) is 9.90 Å². The minimum atomic E-state index is -0.218. The summed E-state index contributed by atoms with van der Waals surface area (Å²) in [5.41, 5.74) is 5.19. The first-order valence-electron chi connectivity index (χ1n) is 6.78. The number of unbranched alkanes of at least 4 members (excludes halogenated alkanes) is 1. The van der Waals surface area contributed by atoms with E-state index in [4.69, 9.17) is 5.73 Å². The summed E-state index contributed by atoms with van der Waals surface area (Å²) in [6.45, 7) is 2.11. The number of nitrogens with one attached hydrogen (secondary N) is 1. The van der Waals surface area contributed by atoms with Crippen LogP contribution in [0, 0.1) is 5.41 Å². The minimum Gasteiger partial charge on any atom is -0.396 e. The van der Waals surface area contributed by atoms with Crippen LogP contribution in [0.15, 0.2) is 0 Å². The van der Waals surface area contributed by atoms with Gasteiger partial charge in [-0.25, -0.2) is 0 Å². The molecule has 4 nitrogen and oxygen atoms in total. The van der Waals surface area contributed by atoms with Crippen molar-refractivity contribution in [1.29, 1.82) is 0 Å². The highest BCUT2D eigenvalue weighted by Gasteiger charge is 2.30. The van der Waals surface area contributed by atoms with Crippen LogP contribution in [-0.2, 0) is 4.79 Å². The van der Waals surface area contributed by atoms with Gasteiger partial charge in [0, 0.05) is 25.0 Å². The highest BCUT2D eigenvalue weighted by molar-refractivity contribution is 5.73. The summed E-state index contributed by atoms with van der Waals surface area (Å²) in [6, 6.07) is 0. The zero-order valence-corrected chi connectivity index (χ0v) is 10.7. The first-order valence-corrected chi connectivity index (χ1v) is 6.78. The van der Waals surface area contributed by atoms with Crippen LogP contribution in [-0.4, -0.2) is 30.7 Å². The third-order valence-electron chi connectivity index (χ3n) is 3.78. The summed E-state index contributed by atoms with van der Waals surface area (Å²) < 4.78 is 0. The van der Waals surface area contributed by atoms with E-state index in [-0.39, 0.29) is 11.3 Å². The summed E-state index contributed by atoms with van der Waals surface area (Å²) in [7, 11) is 0. The highest BCUT2D eigenvalue weighted by Crippen LogP contribution is 2.35. The van der Waals surface area contributed by atoms with Crippen LogP contribution >= 0.6 is 0 Å². The monoisotopic (exact) mass is 242 g/mol. The fraction of sp³-hybridized carbons (Fsp3) is 0.923. The van der Waals surface area contributed by atoms with Gasteiger partial charge in [-0.15, -0.1) is 0 Å². The van der Waals surface area contributed by atoms with Crippen LogP contribution in [0.3, 0.4) is 0 Å². The average Bonchev–Trinajstić information content (AvgIpc) is 2.34. The van der Waals surface area contributed by atoms with Gasteiger partial charge in [-0.05, 0) is 32.2 Å². The maximum atomic E-state index is 10.5. The Balaban J connectivity index is 2.09. The standard InChI is InChI=1S/C13H26N2O2/c14-12(17)6-2-5-9-15-10-13(11-16)7-3-1-4-8-13/h15-16H,1-11H2,(H2,14,17). The Morgan fingerprint density at radius 2 is 1.94 bits per heavy atom. The summed E-state index contributed by atoms with van der Waals surface area (Å²) in [5, 5.41) is 12.9. The van der Waals surface area contributed by atoms with Crippen molar-refractivity contribution in [3.05, 3.63) is 0 Å². The molecule has 0 heterocycles. The van der Waals surface area contributed by atoms with Crippen LogP contribution in [0.2, 0.25) is 0 Å². The van der Waals surface area contributed by atoms with Gasteiger partial charge in [0.2, 0.25) is 5.91 Å². The molecule has 0 aliphatic heterocycles. The molecule has 1 rings (SSSR count). The van der Waals surface area contributed by atoms with Gasteiger partial charge in [-0.1, -0.05) is 19.3 Å². The first-order chi connectivity index (χ1) is 8.18. The molecule has 0 aromatic carbocycles. The van der Waals surface area contributed by atoms with Crippen LogP contribution in [0.1, 0.15) is 51.4 Å². The Hall–Kier alpha value is -0.610. The molecule has 1 saturated carbocycles. The molecule has 4 N–H and O–H groups in total. The van der Waals surface area contributed by atoms with E-state index in [1.807, 2.05) is 0 Å². The van der Waals surface area contributed by atoms with Gasteiger partial charge >= 0.3 is 0 Å². The zero-order chi connectivity index (χ0) is 12.6. The average molecular weight is 242 g/mol. The minimum absolute atomic E-state index is 0.113. The van der Waals surface area contributed by atoms with E-state index in [2.05, 4.69) is 5.32 Å². The molecule has 0 bridgehead atoms. The van der Waals surface area contributed by atoms with Gasteiger partial charge in [0.15, 0.2) is 0 Å². The van der Waals surface area contributed by atoms with Crippen molar-refractivity contribution in [3.8, 4) is 0 Å². The molecule has 0 spiro atoms. The largest absolute Gasteiger partial charge is 0.396 e. The number of carbonyl (C=O) groups is 1. The van der Waals surface area contributed by atoms with Gasteiger partial charge in [0.1, 0.15) is 0 Å². The molecule has 1 amide bonds. The second-order valence-corrected chi connectivity index (χ2v) is 5.32. The lowest BCUT2D eigenvalue weighted by Crippen LogP contribution is -2.39. The normalized spacial score (nSPS) is 19.1. The summed E-state index contributed by atoms with van der Waals surface area (Å²) in [4.78, 5) is 10.5. The maximum absolute atomic E-state index is 10.5. The van der Waals surface area contributed by atoms with E-state index in [1.54, 1.807) is 0 Å². The third kappa shape index (κ3) is 5.50. The van der Waals surface area contributed by atoms with Crippen LogP contribution in [0.4, 0.5) is 0 Å². The summed E-state index contributed by atoms with van der Waals surface area (Å²) in [5.74, 6) is -0.218. The van der Waals surface area contributed by atoms with E-state index in [1.165, 1.54) is 19.3 Å². The zero-order valence-electron chi connectivity index (χ0n) is 10.7. The molecule has 0 radical (unpaired) electrons. The van der Waals surface area contributed by atoms with Crippen molar-refractivity contribution in [2.75, 3.05) is 19.7 Å². The number of hydrogen-bond donors (Lipinski definition) is 3. The van der Waals surface area contributed by atoms with Gasteiger partial charge in [0.05, 0.1) is 0 Å². The van der Waals surface area contributed by atoms with Crippen molar-refractivity contribution >= 4 is 5.91 Å². The van der Waals surface area contributed by atoms with Gasteiger partial charge in [-0.2, -0.15) is 0 Å². The fourth-order valence-electron chi connectivity index (χ4n) is 2.60. The van der Waals surface area contributed by atoms with E-state index in [0.717, 1.165) is 38.8 Å². The second kappa shape index (κ2) is 7.67. The number of carbonyl (C=O) groups excluding carboxylic acids is 1. The predicted molar refractivity (Wildman–Crippen MR) is 68.5 cm³/mol. The Morgan fingerprint density at radius 3 is 2.53 bits per heavy atom. The molecule has 0 saturated heterocycles. The molecular weight excluding hydrogens is 216 g/mol. The van der Waals surface area contributed by atoms with Crippen LogP contribution < -0.4 is 11.1 Å². The van der Waals surface area contributed by atoms with Gasteiger partial charge in [0.25, 0.3) is 0 Å². The fourth-order valence-corrected chi connectivity index (χ4v) is 2.60. The quantitative estimate of drug-likeness (QED) is 0.559. The second-order valence-electron chi connectivity index (χ2n) is 5.32. The Bertz CT molecular complexity index is 225. The topological polar surface area (TPSA) is 75.4 Å². The number of rotatable bonds is 8. The number of aliphatic hydroxyl groups is 1. The lowest BCUT2D eigenvalue weighted by molar-refractivity contribution is -0.118. The van der Waals surface area contributed by atoms with E-state index in [0.29, 0.717) is 13.0 Å². The van der Waals surface area contributed by atoms with E-state index < -0.39 is 0 Å². The lowest BCUT2D eigenvalue weighted by Gasteiger charge is -2.35. The Labute approximate surface area is 104 Å². The maximum Gasteiger partial charge on any atom is 0.217 e. The SMILES string of the molecule is NC(=O)CCCCNCC1(CO)CCCCC1. The third-order valence-corrected chi connectivity index (χ3v) is 3.78. The van der Waals surface area contributed by atoms with Crippen molar-refractivity contribution in [3.63, 3.8) is 0 Å². The Kier molecular flexibility index (Phi) is 6.52. The molecule has 1 aliphatic carbocycles. The predicted octanol–water partition coefficient (Wildman–Crippen LogP) is 1.17. The van der Waals surface area contributed by atoms with Gasteiger partial charge < -0.3 is 16.2 Å². The molecule has 0 atom stereocenters. The van der Waals surface area contributed by atoms with Crippen molar-refractivity contribution < 1.29 is 9.90 Å². The number of hydrogen-bond acceptors (Lipinski definition) is 3. The molecule has 0 aromatic heterocycles. The molecule has 1 fully saturated rings. The molecule has 17 heavy (non-hydrogen) atoms.